The quantitative estimate of drug-likeness (QED) is 0.760. The van der Waals surface area contributed by atoms with Crippen LogP contribution in [0.15, 0.2) is 18.5 Å². The summed E-state index contributed by atoms with van der Waals surface area (Å²) in [5.74, 6) is 1.06. The summed E-state index contributed by atoms with van der Waals surface area (Å²) < 4.78 is 7.30. The Bertz CT molecular complexity index is 744. The van der Waals surface area contributed by atoms with Gasteiger partial charge < -0.3 is 15.0 Å². The fourth-order valence-electron chi connectivity index (χ4n) is 2.06. The van der Waals surface area contributed by atoms with Crippen LogP contribution in [0.3, 0.4) is 0 Å². The van der Waals surface area contributed by atoms with E-state index >= 15 is 0 Å². The number of fused-ring (bicyclic) bond motifs is 1. The molecule has 0 aliphatic rings. The monoisotopic (exact) mass is 272 g/mol. The Kier molecular flexibility index (Phi) is 3.02. The van der Waals surface area contributed by atoms with Crippen LogP contribution >= 0.6 is 0 Å². The topological polar surface area (TPSA) is 80.7 Å². The average molecular weight is 272 g/mol. The highest BCUT2D eigenvalue weighted by Crippen LogP contribution is 2.25. The van der Waals surface area contributed by atoms with Gasteiger partial charge in [0.05, 0.1) is 23.4 Å². The van der Waals surface area contributed by atoms with Gasteiger partial charge in [0.2, 0.25) is 11.8 Å². The highest BCUT2D eigenvalue weighted by molar-refractivity contribution is 5.82. The molecule has 3 aromatic rings. The number of H-pyrrole nitrogens is 1. The van der Waals surface area contributed by atoms with Crippen LogP contribution in [0.4, 0.5) is 11.6 Å². The molecule has 0 saturated heterocycles. The third kappa shape index (κ3) is 2.18. The zero-order valence-electron chi connectivity index (χ0n) is 11.6. The minimum Gasteiger partial charge on any atom is -0.477 e. The van der Waals surface area contributed by atoms with Crippen molar-refractivity contribution in [2.24, 2.45) is 7.05 Å². The van der Waals surface area contributed by atoms with Crippen LogP contribution in [-0.4, -0.2) is 31.3 Å². The molecule has 0 bridgehead atoms. The maximum atomic E-state index is 5.56. The molecule has 3 aromatic heterocycles. The first-order valence-electron chi connectivity index (χ1n) is 6.42. The maximum Gasteiger partial charge on any atom is 0.232 e. The van der Waals surface area contributed by atoms with Gasteiger partial charge in [-0.05, 0) is 19.9 Å². The van der Waals surface area contributed by atoms with E-state index in [1.54, 1.807) is 4.68 Å². The highest BCUT2D eigenvalue weighted by Gasteiger charge is 2.11. The number of anilines is 2. The van der Waals surface area contributed by atoms with Crippen LogP contribution in [0.1, 0.15) is 12.6 Å². The molecule has 0 amide bonds. The molecule has 7 heteroatoms. The molecular formula is C13H16N6O. The van der Waals surface area contributed by atoms with Gasteiger partial charge in [-0.2, -0.15) is 15.1 Å². The van der Waals surface area contributed by atoms with Crippen LogP contribution in [0.2, 0.25) is 0 Å². The van der Waals surface area contributed by atoms with E-state index in [1.165, 1.54) is 0 Å². The molecular weight excluding hydrogens is 256 g/mol. The predicted octanol–water partition coefficient (Wildman–Crippen LogP) is 2.14. The minimum atomic E-state index is 0.486. The largest absolute Gasteiger partial charge is 0.477 e. The van der Waals surface area contributed by atoms with E-state index in [1.807, 2.05) is 39.4 Å². The second-order valence-electron chi connectivity index (χ2n) is 4.45. The van der Waals surface area contributed by atoms with Crippen LogP contribution in [0.25, 0.3) is 11.0 Å². The lowest BCUT2D eigenvalue weighted by Gasteiger charge is -2.07. The summed E-state index contributed by atoms with van der Waals surface area (Å²) in [6, 6.07) is 1.90. The summed E-state index contributed by atoms with van der Waals surface area (Å²) in [6.45, 7) is 4.42. The molecule has 2 N–H and O–H groups in total. The summed E-state index contributed by atoms with van der Waals surface area (Å²) in [5, 5.41) is 8.32. The van der Waals surface area contributed by atoms with Crippen molar-refractivity contribution in [2.45, 2.75) is 13.8 Å². The molecule has 3 rings (SSSR count). The van der Waals surface area contributed by atoms with E-state index in [0.717, 1.165) is 22.4 Å². The Hall–Kier alpha value is -2.57. The summed E-state index contributed by atoms with van der Waals surface area (Å²) in [5.41, 5.74) is 2.51. The van der Waals surface area contributed by atoms with E-state index in [4.69, 9.17) is 4.74 Å². The van der Waals surface area contributed by atoms with Gasteiger partial charge in [0, 0.05) is 19.4 Å². The third-order valence-electron chi connectivity index (χ3n) is 2.92. The summed E-state index contributed by atoms with van der Waals surface area (Å²) in [4.78, 5) is 11.9. The molecule has 0 aromatic carbocycles. The van der Waals surface area contributed by atoms with Crippen LogP contribution < -0.4 is 10.1 Å². The van der Waals surface area contributed by atoms with Crippen molar-refractivity contribution >= 4 is 22.7 Å². The Morgan fingerprint density at radius 3 is 2.95 bits per heavy atom. The molecule has 0 saturated carbocycles. The Balaban J connectivity index is 2.00. The maximum absolute atomic E-state index is 5.56. The van der Waals surface area contributed by atoms with E-state index in [2.05, 4.69) is 25.4 Å². The van der Waals surface area contributed by atoms with Gasteiger partial charge in [0.25, 0.3) is 0 Å². The molecule has 20 heavy (non-hydrogen) atoms. The Morgan fingerprint density at radius 2 is 2.25 bits per heavy atom. The fraction of sp³-hybridized carbons (Fsp3) is 0.308. The van der Waals surface area contributed by atoms with Gasteiger partial charge in [-0.1, -0.05) is 0 Å². The van der Waals surface area contributed by atoms with E-state index in [0.29, 0.717) is 18.4 Å². The second kappa shape index (κ2) is 4.84. The van der Waals surface area contributed by atoms with E-state index in [-0.39, 0.29) is 0 Å². The molecule has 0 radical (unpaired) electrons. The van der Waals surface area contributed by atoms with E-state index in [9.17, 15) is 0 Å². The van der Waals surface area contributed by atoms with Gasteiger partial charge in [-0.3, -0.25) is 4.68 Å². The number of hydrogen-bond donors (Lipinski definition) is 2. The van der Waals surface area contributed by atoms with Crippen molar-refractivity contribution in [1.29, 1.82) is 0 Å². The van der Waals surface area contributed by atoms with Crippen molar-refractivity contribution in [1.82, 2.24) is 24.7 Å². The standard InChI is InChI=1S/C13H16N6O/c1-4-20-12-9-5-6-14-11(9)16-13(17-12)15-10-7-19(3)18-8(10)2/h5-7H,4H2,1-3H3,(H2,14,15,16,17). The van der Waals surface area contributed by atoms with Crippen LogP contribution in [0, 0.1) is 6.92 Å². The van der Waals surface area contributed by atoms with Gasteiger partial charge in [-0.15, -0.1) is 0 Å². The number of hydrogen-bond acceptors (Lipinski definition) is 5. The number of nitrogens with one attached hydrogen (secondary N) is 2. The number of aryl methyl sites for hydroxylation is 2. The van der Waals surface area contributed by atoms with Crippen molar-refractivity contribution in [2.75, 3.05) is 11.9 Å². The summed E-state index contributed by atoms with van der Waals surface area (Å²) in [6.07, 6.45) is 3.71. The molecule has 0 aliphatic heterocycles. The smallest absolute Gasteiger partial charge is 0.232 e. The van der Waals surface area contributed by atoms with Gasteiger partial charge in [0.15, 0.2) is 0 Å². The molecule has 7 nitrogen and oxygen atoms in total. The van der Waals surface area contributed by atoms with Gasteiger partial charge in [-0.25, -0.2) is 0 Å². The van der Waals surface area contributed by atoms with Crippen molar-refractivity contribution in [3.05, 3.63) is 24.2 Å². The lowest BCUT2D eigenvalue weighted by Crippen LogP contribution is -2.02. The Morgan fingerprint density at radius 1 is 1.40 bits per heavy atom. The van der Waals surface area contributed by atoms with Crippen LogP contribution in [-0.2, 0) is 7.05 Å². The molecule has 0 fully saturated rings. The number of nitrogens with zero attached hydrogens (tertiary/aromatic N) is 4. The molecule has 0 aliphatic carbocycles. The predicted molar refractivity (Wildman–Crippen MR) is 76.3 cm³/mol. The SMILES string of the molecule is CCOc1nc(Nc2cn(C)nc2C)nc2[nH]ccc12. The first-order valence-corrected chi connectivity index (χ1v) is 6.42. The van der Waals surface area contributed by atoms with Crippen molar-refractivity contribution < 1.29 is 4.74 Å². The summed E-state index contributed by atoms with van der Waals surface area (Å²) >= 11 is 0. The average Bonchev–Trinajstić information content (AvgIpc) is 2.97. The third-order valence-corrected chi connectivity index (χ3v) is 2.92. The first-order chi connectivity index (χ1) is 9.67. The minimum absolute atomic E-state index is 0.486. The lowest BCUT2D eigenvalue weighted by atomic mass is 10.4. The first kappa shape index (κ1) is 12.5. The number of aromatic amines is 1. The van der Waals surface area contributed by atoms with Crippen LogP contribution in [0.5, 0.6) is 5.88 Å². The Labute approximate surface area is 116 Å². The number of ether oxygens (including phenoxy) is 1. The molecule has 104 valence electrons. The molecule has 0 spiro atoms. The van der Waals surface area contributed by atoms with Crippen molar-refractivity contribution in [3.8, 4) is 5.88 Å². The number of rotatable bonds is 4. The highest BCUT2D eigenvalue weighted by atomic mass is 16.5. The fourth-order valence-corrected chi connectivity index (χ4v) is 2.06. The van der Waals surface area contributed by atoms with Crippen molar-refractivity contribution in [3.63, 3.8) is 0 Å². The van der Waals surface area contributed by atoms with Gasteiger partial charge >= 0.3 is 0 Å². The lowest BCUT2D eigenvalue weighted by molar-refractivity contribution is 0.331. The summed E-state index contributed by atoms with van der Waals surface area (Å²) in [7, 11) is 1.87. The normalized spacial score (nSPS) is 10.9. The van der Waals surface area contributed by atoms with E-state index < -0.39 is 0 Å². The molecule has 3 heterocycles. The zero-order chi connectivity index (χ0) is 14.1. The molecule has 0 unspecified atom stereocenters. The van der Waals surface area contributed by atoms with Gasteiger partial charge in [0.1, 0.15) is 5.65 Å². The second-order valence-corrected chi connectivity index (χ2v) is 4.45. The number of aromatic nitrogens is 5. The zero-order valence-corrected chi connectivity index (χ0v) is 11.6. The molecule has 0 atom stereocenters.